The molecule has 0 fully saturated rings. The summed E-state index contributed by atoms with van der Waals surface area (Å²) in [5.74, 6) is 0.896. The Kier molecular flexibility index (Phi) is 5.43. The van der Waals surface area contributed by atoms with Crippen LogP contribution in [0.1, 0.15) is 33.1 Å². The summed E-state index contributed by atoms with van der Waals surface area (Å²) >= 11 is 0. The lowest BCUT2D eigenvalue weighted by atomic mass is 10.1. The molecule has 0 aromatic rings. The molecular formula is C11H22FN3. The van der Waals surface area contributed by atoms with Gasteiger partial charge in [0.25, 0.3) is 0 Å². The Labute approximate surface area is 91.8 Å². The molecule has 1 atom stereocenters. The molecule has 0 radical (unpaired) electrons. The molecule has 0 aromatic heterocycles. The Morgan fingerprint density at radius 1 is 1.53 bits per heavy atom. The predicted molar refractivity (Wildman–Crippen MR) is 62.0 cm³/mol. The summed E-state index contributed by atoms with van der Waals surface area (Å²) in [6, 6.07) is 0.559. The quantitative estimate of drug-likeness (QED) is 0.731. The van der Waals surface area contributed by atoms with Crippen LogP contribution in [0.4, 0.5) is 4.39 Å². The second kappa shape index (κ2) is 6.64. The molecule has 4 heteroatoms. The van der Waals surface area contributed by atoms with Crippen LogP contribution >= 0.6 is 0 Å². The van der Waals surface area contributed by atoms with Gasteiger partial charge in [0, 0.05) is 19.1 Å². The second-order valence-electron chi connectivity index (χ2n) is 3.87. The minimum atomic E-state index is -0.336. The summed E-state index contributed by atoms with van der Waals surface area (Å²) in [6.45, 7) is 6.26. The molecule has 1 aliphatic heterocycles. The number of hydrogen-bond acceptors (Lipinski definition) is 3. The lowest BCUT2D eigenvalue weighted by Gasteiger charge is -2.29. The number of nitrogens with one attached hydrogen (secondary N) is 1. The Morgan fingerprint density at radius 3 is 2.93 bits per heavy atom. The number of alkyl halides is 1. The van der Waals surface area contributed by atoms with Crippen molar-refractivity contribution >= 4 is 5.96 Å². The zero-order chi connectivity index (χ0) is 11.1. The molecule has 0 saturated carbocycles. The fourth-order valence-corrected chi connectivity index (χ4v) is 2.05. The maximum Gasteiger partial charge on any atom is 0.194 e. The maximum atomic E-state index is 12.1. The summed E-state index contributed by atoms with van der Waals surface area (Å²) < 4.78 is 12.1. The fraction of sp³-hybridized carbons (Fsp3) is 0.909. The van der Waals surface area contributed by atoms with Crippen molar-refractivity contribution < 1.29 is 4.39 Å². The number of aliphatic imine (C=N–C) groups is 1. The third-order valence-electron chi connectivity index (χ3n) is 2.79. The molecule has 3 nitrogen and oxygen atoms in total. The van der Waals surface area contributed by atoms with Crippen LogP contribution in [0.15, 0.2) is 4.99 Å². The van der Waals surface area contributed by atoms with Gasteiger partial charge in [0.2, 0.25) is 0 Å². The molecule has 0 amide bonds. The van der Waals surface area contributed by atoms with Gasteiger partial charge in [0.15, 0.2) is 5.96 Å². The molecule has 1 aliphatic rings. The molecule has 1 heterocycles. The van der Waals surface area contributed by atoms with Gasteiger partial charge >= 0.3 is 0 Å². The molecule has 0 aromatic carbocycles. The molecule has 1 unspecified atom stereocenters. The van der Waals surface area contributed by atoms with Crippen LogP contribution in [-0.4, -0.2) is 43.2 Å². The molecule has 1 N–H and O–H groups in total. The number of halogens is 1. The van der Waals surface area contributed by atoms with Gasteiger partial charge in [-0.05, 0) is 12.8 Å². The van der Waals surface area contributed by atoms with Gasteiger partial charge in [0.05, 0.1) is 6.54 Å². The molecule has 0 saturated heterocycles. The first-order valence-electron chi connectivity index (χ1n) is 5.94. The number of hydrogen-bond donors (Lipinski definition) is 1. The highest BCUT2D eigenvalue weighted by Crippen LogP contribution is 2.14. The van der Waals surface area contributed by atoms with Gasteiger partial charge in [-0.15, -0.1) is 0 Å². The molecule has 0 spiro atoms. The highest BCUT2D eigenvalue weighted by Gasteiger charge is 2.22. The lowest BCUT2D eigenvalue weighted by Crippen LogP contribution is -2.45. The first kappa shape index (κ1) is 12.3. The van der Waals surface area contributed by atoms with Crippen molar-refractivity contribution in [3.63, 3.8) is 0 Å². The number of rotatable bonds is 6. The zero-order valence-corrected chi connectivity index (χ0v) is 9.80. The van der Waals surface area contributed by atoms with Crippen LogP contribution < -0.4 is 5.32 Å². The predicted octanol–water partition coefficient (Wildman–Crippen LogP) is 1.80. The van der Waals surface area contributed by atoms with Crippen LogP contribution in [-0.2, 0) is 0 Å². The van der Waals surface area contributed by atoms with E-state index in [1.54, 1.807) is 0 Å². The van der Waals surface area contributed by atoms with Crippen molar-refractivity contribution in [3.05, 3.63) is 0 Å². The largest absolute Gasteiger partial charge is 0.354 e. The van der Waals surface area contributed by atoms with Crippen LogP contribution in [0.25, 0.3) is 0 Å². The highest BCUT2D eigenvalue weighted by molar-refractivity contribution is 5.81. The van der Waals surface area contributed by atoms with Crippen LogP contribution in [0.5, 0.6) is 0 Å². The second-order valence-corrected chi connectivity index (χ2v) is 3.87. The zero-order valence-electron chi connectivity index (χ0n) is 9.80. The van der Waals surface area contributed by atoms with Crippen molar-refractivity contribution in [2.24, 2.45) is 4.99 Å². The van der Waals surface area contributed by atoms with E-state index in [1.807, 2.05) is 0 Å². The summed E-state index contributed by atoms with van der Waals surface area (Å²) in [5.41, 5.74) is 0. The maximum absolute atomic E-state index is 12.1. The van der Waals surface area contributed by atoms with Gasteiger partial charge < -0.3 is 10.2 Å². The van der Waals surface area contributed by atoms with Crippen molar-refractivity contribution in [2.45, 2.75) is 39.2 Å². The Balaban J connectivity index is 2.48. The Hall–Kier alpha value is -0.800. The highest BCUT2D eigenvalue weighted by atomic mass is 19.1. The van der Waals surface area contributed by atoms with E-state index in [0.717, 1.165) is 25.5 Å². The van der Waals surface area contributed by atoms with E-state index in [-0.39, 0.29) is 6.67 Å². The summed E-state index contributed by atoms with van der Waals surface area (Å²) in [7, 11) is 0. The summed E-state index contributed by atoms with van der Waals surface area (Å²) in [6.07, 6.45) is 3.50. The first-order chi connectivity index (χ1) is 7.33. The minimum Gasteiger partial charge on any atom is -0.354 e. The topological polar surface area (TPSA) is 27.6 Å². The lowest BCUT2D eigenvalue weighted by molar-refractivity contribution is 0.298. The summed E-state index contributed by atoms with van der Waals surface area (Å²) in [4.78, 5) is 6.66. The van der Waals surface area contributed by atoms with E-state index in [9.17, 15) is 4.39 Å². The van der Waals surface area contributed by atoms with Gasteiger partial charge in [-0.2, -0.15) is 0 Å². The van der Waals surface area contributed by atoms with Gasteiger partial charge in [-0.1, -0.05) is 20.3 Å². The van der Waals surface area contributed by atoms with Crippen LogP contribution in [0.2, 0.25) is 0 Å². The van der Waals surface area contributed by atoms with Gasteiger partial charge in [-0.25, -0.2) is 4.39 Å². The third kappa shape index (κ3) is 3.36. The standard InChI is InChI=1S/C11H22FN3/c1-3-5-10(4-2)15-9-8-14-11(15)13-7-6-12/h10H,3-9H2,1-2H3,(H,13,14). The van der Waals surface area contributed by atoms with Gasteiger partial charge in [-0.3, -0.25) is 4.99 Å². The molecule has 0 aliphatic carbocycles. The van der Waals surface area contributed by atoms with E-state index in [2.05, 4.69) is 29.1 Å². The Bertz CT molecular complexity index is 206. The SMILES string of the molecule is CCCC(CC)N1CCN=C1NCCF. The molecule has 0 bridgehead atoms. The normalized spacial score (nSPS) is 17.8. The smallest absolute Gasteiger partial charge is 0.194 e. The molecule has 88 valence electrons. The van der Waals surface area contributed by atoms with E-state index in [4.69, 9.17) is 0 Å². The van der Waals surface area contributed by atoms with Crippen LogP contribution in [0.3, 0.4) is 0 Å². The van der Waals surface area contributed by atoms with E-state index in [1.165, 1.54) is 12.8 Å². The summed E-state index contributed by atoms with van der Waals surface area (Å²) in [5, 5.41) is 3.06. The monoisotopic (exact) mass is 215 g/mol. The van der Waals surface area contributed by atoms with Crippen molar-refractivity contribution in [2.75, 3.05) is 26.3 Å². The fourth-order valence-electron chi connectivity index (χ4n) is 2.05. The van der Waals surface area contributed by atoms with Crippen molar-refractivity contribution in [1.82, 2.24) is 10.2 Å². The molecule has 15 heavy (non-hydrogen) atoms. The molecular weight excluding hydrogens is 193 g/mol. The van der Waals surface area contributed by atoms with Crippen LogP contribution in [0, 0.1) is 0 Å². The van der Waals surface area contributed by atoms with Crippen molar-refractivity contribution in [1.29, 1.82) is 0 Å². The third-order valence-corrected chi connectivity index (χ3v) is 2.79. The van der Waals surface area contributed by atoms with Crippen molar-refractivity contribution in [3.8, 4) is 0 Å². The number of nitrogens with zero attached hydrogens (tertiary/aromatic N) is 2. The molecule has 1 rings (SSSR count). The minimum absolute atomic E-state index is 0.336. The number of guanidine groups is 1. The average molecular weight is 215 g/mol. The van der Waals surface area contributed by atoms with E-state index in [0.29, 0.717) is 12.6 Å². The van der Waals surface area contributed by atoms with E-state index < -0.39 is 0 Å². The first-order valence-corrected chi connectivity index (χ1v) is 5.94. The van der Waals surface area contributed by atoms with Gasteiger partial charge in [0.1, 0.15) is 6.67 Å². The average Bonchev–Trinajstić information content (AvgIpc) is 2.71. The van der Waals surface area contributed by atoms with E-state index >= 15 is 0 Å². The Morgan fingerprint density at radius 2 is 2.33 bits per heavy atom.